The lowest BCUT2D eigenvalue weighted by atomic mass is 10.2. The van der Waals surface area contributed by atoms with E-state index < -0.39 is 11.7 Å². The number of aromatic nitrogens is 3. The summed E-state index contributed by atoms with van der Waals surface area (Å²) in [5.74, 6) is -0.993. The van der Waals surface area contributed by atoms with Crippen LogP contribution in [0, 0.1) is 5.82 Å². The minimum Gasteiger partial charge on any atom is -0.319 e. The fourth-order valence-corrected chi connectivity index (χ4v) is 2.58. The van der Waals surface area contributed by atoms with Gasteiger partial charge in [-0.2, -0.15) is 5.10 Å². The number of rotatable bonds is 3. The zero-order valence-corrected chi connectivity index (χ0v) is 14.1. The molecule has 5 nitrogen and oxygen atoms in total. The third kappa shape index (κ3) is 3.51. The predicted octanol–water partition coefficient (Wildman–Crippen LogP) is 4.62. The van der Waals surface area contributed by atoms with Gasteiger partial charge in [0, 0.05) is 11.2 Å². The van der Waals surface area contributed by atoms with Gasteiger partial charge in [-0.15, -0.1) is 0 Å². The van der Waals surface area contributed by atoms with E-state index >= 15 is 0 Å². The van der Waals surface area contributed by atoms with Crippen molar-refractivity contribution in [2.75, 3.05) is 5.32 Å². The quantitative estimate of drug-likeness (QED) is 0.716. The standard InChI is InChI=1S/C15H8Cl3FN4O/c16-8-1-2-11(13(19)4-8)15(24)22-10-6-21-23(7-10)14-12(18)3-9(17)5-20-14/h1-7H,(H,22,24). The molecular formula is C15H8Cl3FN4O. The fraction of sp³-hybridized carbons (Fsp3) is 0. The van der Waals surface area contributed by atoms with Crippen LogP contribution in [0.15, 0.2) is 42.9 Å². The molecule has 0 aliphatic rings. The highest BCUT2D eigenvalue weighted by atomic mass is 35.5. The second kappa shape index (κ2) is 6.76. The van der Waals surface area contributed by atoms with Crippen molar-refractivity contribution in [2.45, 2.75) is 0 Å². The Labute approximate surface area is 151 Å². The largest absolute Gasteiger partial charge is 0.319 e. The number of anilines is 1. The molecule has 0 unspecified atom stereocenters. The van der Waals surface area contributed by atoms with Gasteiger partial charge >= 0.3 is 0 Å². The Morgan fingerprint density at radius 2 is 1.92 bits per heavy atom. The highest BCUT2D eigenvalue weighted by molar-refractivity contribution is 6.35. The van der Waals surface area contributed by atoms with Crippen molar-refractivity contribution in [1.29, 1.82) is 0 Å². The molecule has 0 aliphatic carbocycles. The van der Waals surface area contributed by atoms with Crippen LogP contribution in [0.25, 0.3) is 5.82 Å². The van der Waals surface area contributed by atoms with Crippen LogP contribution >= 0.6 is 34.8 Å². The van der Waals surface area contributed by atoms with Gasteiger partial charge in [0.2, 0.25) is 0 Å². The molecule has 9 heteroatoms. The second-order valence-corrected chi connectivity index (χ2v) is 5.99. The van der Waals surface area contributed by atoms with Gasteiger partial charge in [-0.25, -0.2) is 14.1 Å². The van der Waals surface area contributed by atoms with Gasteiger partial charge in [0.1, 0.15) is 5.82 Å². The first-order chi connectivity index (χ1) is 11.4. The lowest BCUT2D eigenvalue weighted by Crippen LogP contribution is -2.13. The number of hydrogen-bond acceptors (Lipinski definition) is 3. The number of hydrogen-bond donors (Lipinski definition) is 1. The lowest BCUT2D eigenvalue weighted by Gasteiger charge is -2.04. The lowest BCUT2D eigenvalue weighted by molar-refractivity contribution is 0.102. The SMILES string of the molecule is O=C(Nc1cnn(-c2ncc(Cl)cc2Cl)c1)c1ccc(Cl)cc1F. The number of pyridine rings is 1. The third-order valence-electron chi connectivity index (χ3n) is 3.02. The summed E-state index contributed by atoms with van der Waals surface area (Å²) in [7, 11) is 0. The molecule has 0 saturated carbocycles. The molecule has 24 heavy (non-hydrogen) atoms. The summed E-state index contributed by atoms with van der Waals surface area (Å²) in [6.07, 6.45) is 4.30. The van der Waals surface area contributed by atoms with Crippen LogP contribution in [0.3, 0.4) is 0 Å². The average Bonchev–Trinajstić information content (AvgIpc) is 2.95. The average molecular weight is 386 g/mol. The van der Waals surface area contributed by atoms with E-state index in [-0.39, 0.29) is 10.6 Å². The van der Waals surface area contributed by atoms with Gasteiger partial charge in [-0.1, -0.05) is 34.8 Å². The van der Waals surface area contributed by atoms with Gasteiger partial charge in [0.15, 0.2) is 5.82 Å². The molecule has 0 saturated heterocycles. The van der Waals surface area contributed by atoms with Crippen molar-refractivity contribution < 1.29 is 9.18 Å². The molecule has 2 heterocycles. The molecular weight excluding hydrogens is 378 g/mol. The maximum Gasteiger partial charge on any atom is 0.258 e. The minimum absolute atomic E-state index is 0.130. The summed E-state index contributed by atoms with van der Waals surface area (Å²) in [5.41, 5.74) is 0.219. The first-order valence-corrected chi connectivity index (χ1v) is 7.70. The van der Waals surface area contributed by atoms with E-state index in [1.165, 1.54) is 41.5 Å². The summed E-state index contributed by atoms with van der Waals surface area (Å²) in [6.45, 7) is 0. The monoisotopic (exact) mass is 384 g/mol. The second-order valence-electron chi connectivity index (χ2n) is 4.71. The van der Waals surface area contributed by atoms with Crippen LogP contribution in [-0.2, 0) is 0 Å². The molecule has 0 bridgehead atoms. The van der Waals surface area contributed by atoms with Gasteiger partial charge in [0.05, 0.1) is 33.7 Å². The van der Waals surface area contributed by atoms with Crippen molar-refractivity contribution in [1.82, 2.24) is 14.8 Å². The summed E-state index contributed by atoms with van der Waals surface area (Å²) < 4.78 is 15.1. The van der Waals surface area contributed by atoms with Crippen LogP contribution < -0.4 is 5.32 Å². The van der Waals surface area contributed by atoms with E-state index in [0.29, 0.717) is 21.6 Å². The van der Waals surface area contributed by atoms with E-state index in [1.807, 2.05) is 0 Å². The van der Waals surface area contributed by atoms with Crippen molar-refractivity contribution in [2.24, 2.45) is 0 Å². The predicted molar refractivity (Wildman–Crippen MR) is 90.7 cm³/mol. The smallest absolute Gasteiger partial charge is 0.258 e. The molecule has 3 aromatic rings. The van der Waals surface area contributed by atoms with E-state index in [2.05, 4.69) is 15.4 Å². The molecule has 1 N–H and O–H groups in total. The molecule has 122 valence electrons. The third-order valence-corrected chi connectivity index (χ3v) is 3.74. The summed E-state index contributed by atoms with van der Waals surface area (Å²) in [4.78, 5) is 16.2. The Kier molecular flexibility index (Phi) is 4.71. The summed E-state index contributed by atoms with van der Waals surface area (Å²) in [5, 5.41) is 7.49. The summed E-state index contributed by atoms with van der Waals surface area (Å²) in [6, 6.07) is 5.32. The normalized spacial score (nSPS) is 10.7. The molecule has 0 spiro atoms. The highest BCUT2D eigenvalue weighted by Gasteiger charge is 2.14. The Morgan fingerprint density at radius 1 is 1.12 bits per heavy atom. The Bertz CT molecular complexity index is 929. The van der Waals surface area contributed by atoms with E-state index in [1.54, 1.807) is 0 Å². The molecule has 0 fully saturated rings. The maximum atomic E-state index is 13.8. The number of halogens is 4. The zero-order chi connectivity index (χ0) is 17.3. The van der Waals surface area contributed by atoms with Crippen molar-refractivity contribution in [3.05, 3.63) is 69.3 Å². The number of amides is 1. The van der Waals surface area contributed by atoms with Crippen LogP contribution in [0.5, 0.6) is 0 Å². The number of benzene rings is 1. The minimum atomic E-state index is -0.713. The van der Waals surface area contributed by atoms with Crippen LogP contribution in [0.4, 0.5) is 10.1 Å². The number of carbonyl (C=O) groups excluding carboxylic acids is 1. The maximum absolute atomic E-state index is 13.8. The molecule has 3 rings (SSSR count). The highest BCUT2D eigenvalue weighted by Crippen LogP contribution is 2.22. The van der Waals surface area contributed by atoms with Crippen molar-refractivity contribution in [3.8, 4) is 5.82 Å². The summed E-state index contributed by atoms with van der Waals surface area (Å²) >= 11 is 17.5. The van der Waals surface area contributed by atoms with E-state index in [4.69, 9.17) is 34.8 Å². The van der Waals surface area contributed by atoms with Gasteiger partial charge in [-0.3, -0.25) is 4.79 Å². The van der Waals surface area contributed by atoms with Gasteiger partial charge in [-0.05, 0) is 24.3 Å². The fourth-order valence-electron chi connectivity index (χ4n) is 1.95. The zero-order valence-electron chi connectivity index (χ0n) is 11.8. The molecule has 0 atom stereocenters. The van der Waals surface area contributed by atoms with Gasteiger partial charge < -0.3 is 5.32 Å². The number of nitrogens with one attached hydrogen (secondary N) is 1. The number of carbonyl (C=O) groups is 1. The van der Waals surface area contributed by atoms with Crippen LogP contribution in [-0.4, -0.2) is 20.7 Å². The molecule has 2 aromatic heterocycles. The Morgan fingerprint density at radius 3 is 2.62 bits per heavy atom. The first-order valence-electron chi connectivity index (χ1n) is 6.56. The first kappa shape index (κ1) is 16.7. The van der Waals surface area contributed by atoms with E-state index in [9.17, 15) is 9.18 Å². The molecule has 1 aromatic carbocycles. The number of nitrogens with zero attached hydrogens (tertiary/aromatic N) is 3. The van der Waals surface area contributed by atoms with Gasteiger partial charge in [0.25, 0.3) is 5.91 Å². The molecule has 1 amide bonds. The molecule has 0 radical (unpaired) electrons. The topological polar surface area (TPSA) is 59.8 Å². The Hall–Kier alpha value is -2.15. The molecule has 0 aliphatic heterocycles. The van der Waals surface area contributed by atoms with E-state index in [0.717, 1.165) is 6.07 Å². The van der Waals surface area contributed by atoms with Crippen molar-refractivity contribution in [3.63, 3.8) is 0 Å². The van der Waals surface area contributed by atoms with Crippen LogP contribution in [0.2, 0.25) is 15.1 Å². The van der Waals surface area contributed by atoms with Crippen molar-refractivity contribution >= 4 is 46.4 Å². The van der Waals surface area contributed by atoms with Crippen LogP contribution in [0.1, 0.15) is 10.4 Å². The Balaban J connectivity index is 1.82.